The lowest BCUT2D eigenvalue weighted by atomic mass is 9.81. The molecule has 0 fully saturated rings. The molecule has 0 bridgehead atoms. The SMILES string of the molecule is C=C/C=C(\C=C(C)C)c1c(F)cc(O)c2c1C(C)(C)CN2c1ccccc1NC(=O)Nc1ccc(OC(F)(F)F)cc1. The summed E-state index contributed by atoms with van der Waals surface area (Å²) < 4.78 is 56.7. The first-order valence-corrected chi connectivity index (χ1v) is 13.0. The highest BCUT2D eigenvalue weighted by atomic mass is 19.4. The number of phenolic OH excluding ortho intramolecular Hbond substituents is 1. The lowest BCUT2D eigenvalue weighted by molar-refractivity contribution is -0.274. The number of alkyl halides is 3. The Morgan fingerprint density at radius 1 is 1.10 bits per heavy atom. The third-order valence-corrected chi connectivity index (χ3v) is 6.55. The molecule has 3 N–H and O–H groups in total. The number of rotatable bonds is 7. The van der Waals surface area contributed by atoms with E-state index in [0.29, 0.717) is 40.3 Å². The van der Waals surface area contributed by atoms with Gasteiger partial charge in [0.2, 0.25) is 0 Å². The number of anilines is 4. The van der Waals surface area contributed by atoms with Crippen LogP contribution in [0.3, 0.4) is 0 Å². The van der Waals surface area contributed by atoms with Gasteiger partial charge in [-0.2, -0.15) is 0 Å². The van der Waals surface area contributed by atoms with Crippen molar-refractivity contribution in [2.75, 3.05) is 22.1 Å². The Hall–Kier alpha value is -4.73. The molecule has 10 heteroatoms. The first kappa shape index (κ1) is 30.2. The third-order valence-electron chi connectivity index (χ3n) is 6.55. The number of amides is 2. The fraction of sp³-hybridized carbons (Fsp3) is 0.219. The molecule has 1 aliphatic heterocycles. The maximum absolute atomic E-state index is 15.6. The van der Waals surface area contributed by atoms with Crippen molar-refractivity contribution in [2.24, 2.45) is 0 Å². The average molecular weight is 582 g/mol. The molecule has 0 unspecified atom stereocenters. The van der Waals surface area contributed by atoms with Gasteiger partial charge in [-0.05, 0) is 61.4 Å². The van der Waals surface area contributed by atoms with Crippen LogP contribution in [0.15, 0.2) is 85.0 Å². The lowest BCUT2D eigenvalue weighted by Crippen LogP contribution is -2.27. The second-order valence-corrected chi connectivity index (χ2v) is 10.7. The smallest absolute Gasteiger partial charge is 0.506 e. The molecule has 3 aromatic carbocycles. The maximum Gasteiger partial charge on any atom is 0.573 e. The molecule has 0 saturated carbocycles. The number of halogens is 4. The molecule has 1 aliphatic rings. The molecule has 4 rings (SSSR count). The van der Waals surface area contributed by atoms with E-state index in [9.17, 15) is 23.1 Å². The monoisotopic (exact) mass is 581 g/mol. The fourth-order valence-corrected chi connectivity index (χ4v) is 5.08. The number of nitrogens with zero attached hydrogens (tertiary/aromatic N) is 1. The van der Waals surface area contributed by atoms with Crippen LogP contribution >= 0.6 is 0 Å². The third kappa shape index (κ3) is 6.59. The number of aromatic hydroxyl groups is 1. The summed E-state index contributed by atoms with van der Waals surface area (Å²) in [4.78, 5) is 14.7. The van der Waals surface area contributed by atoms with E-state index in [-0.39, 0.29) is 11.4 Å². The normalized spacial score (nSPS) is 14.2. The van der Waals surface area contributed by atoms with Crippen LogP contribution in [-0.2, 0) is 5.41 Å². The minimum Gasteiger partial charge on any atom is -0.506 e. The molecule has 0 saturated heterocycles. The van der Waals surface area contributed by atoms with E-state index >= 15 is 4.39 Å². The van der Waals surface area contributed by atoms with Crippen LogP contribution in [0.25, 0.3) is 5.57 Å². The van der Waals surface area contributed by atoms with Gasteiger partial charge in [0.1, 0.15) is 17.3 Å². The van der Waals surface area contributed by atoms with Crippen molar-refractivity contribution in [1.29, 1.82) is 0 Å². The lowest BCUT2D eigenvalue weighted by Gasteiger charge is -2.25. The van der Waals surface area contributed by atoms with Crippen LogP contribution in [0.4, 0.5) is 45.1 Å². The quantitative estimate of drug-likeness (QED) is 0.192. The first-order chi connectivity index (χ1) is 19.7. The number of carbonyl (C=O) groups is 1. The summed E-state index contributed by atoms with van der Waals surface area (Å²) in [5, 5.41) is 16.4. The molecule has 6 nitrogen and oxygen atoms in total. The van der Waals surface area contributed by atoms with Gasteiger partial charge in [-0.25, -0.2) is 9.18 Å². The van der Waals surface area contributed by atoms with Crippen LogP contribution in [0.2, 0.25) is 0 Å². The van der Waals surface area contributed by atoms with Gasteiger partial charge in [0, 0.05) is 29.3 Å². The summed E-state index contributed by atoms with van der Waals surface area (Å²) in [6.07, 6.45) is 0.345. The van der Waals surface area contributed by atoms with Crippen molar-refractivity contribution < 1.29 is 32.2 Å². The predicted octanol–water partition coefficient (Wildman–Crippen LogP) is 9.04. The van der Waals surface area contributed by atoms with Crippen molar-refractivity contribution >= 4 is 34.4 Å². The maximum atomic E-state index is 15.6. The number of hydrogen-bond acceptors (Lipinski definition) is 4. The second-order valence-electron chi connectivity index (χ2n) is 10.7. The molecule has 1 heterocycles. The predicted molar refractivity (Wildman–Crippen MR) is 158 cm³/mol. The highest BCUT2D eigenvalue weighted by Crippen LogP contribution is 2.53. The number of ether oxygens (including phenoxy) is 1. The van der Waals surface area contributed by atoms with Crippen molar-refractivity contribution in [3.8, 4) is 11.5 Å². The highest BCUT2D eigenvalue weighted by molar-refractivity contribution is 6.03. The van der Waals surface area contributed by atoms with Crippen LogP contribution in [0, 0.1) is 5.82 Å². The first-order valence-electron chi connectivity index (χ1n) is 13.0. The number of carbonyl (C=O) groups excluding carboxylic acids is 1. The number of nitrogens with one attached hydrogen (secondary N) is 2. The number of fused-ring (bicyclic) bond motifs is 1. The number of urea groups is 1. The summed E-state index contributed by atoms with van der Waals surface area (Å²) in [6, 6.07) is 12.1. The van der Waals surface area contributed by atoms with E-state index in [1.165, 1.54) is 12.1 Å². The van der Waals surface area contributed by atoms with Crippen LogP contribution in [-0.4, -0.2) is 24.0 Å². The molecule has 0 aliphatic carbocycles. The highest BCUT2D eigenvalue weighted by Gasteiger charge is 2.42. The fourth-order valence-electron chi connectivity index (χ4n) is 5.08. The standard InChI is InChI=1S/C32H31F4N3O3/c1-6-9-20(16-19(2)3)27-23(33)17-26(40)29-28(27)31(4,5)18-39(29)25-11-8-7-10-24(25)38-30(41)37-21-12-14-22(15-13-21)42-32(34,35)36/h6-17,40H,1,18H2,2-5H3,(H2,37,38,41)/b20-9+. The van der Waals surface area contributed by atoms with Gasteiger partial charge in [0.15, 0.2) is 0 Å². The van der Waals surface area contributed by atoms with Gasteiger partial charge in [-0.1, -0.05) is 56.4 Å². The van der Waals surface area contributed by atoms with Crippen molar-refractivity contribution in [2.45, 2.75) is 39.5 Å². The minimum absolute atomic E-state index is 0.241. The van der Waals surface area contributed by atoms with E-state index in [2.05, 4.69) is 21.9 Å². The topological polar surface area (TPSA) is 73.8 Å². The molecular weight excluding hydrogens is 550 g/mol. The van der Waals surface area contributed by atoms with Crippen LogP contribution < -0.4 is 20.3 Å². The summed E-state index contributed by atoms with van der Waals surface area (Å²) in [5.74, 6) is -1.22. The Morgan fingerprint density at radius 3 is 2.38 bits per heavy atom. The molecule has 0 radical (unpaired) electrons. The van der Waals surface area contributed by atoms with Gasteiger partial charge < -0.3 is 25.4 Å². The van der Waals surface area contributed by atoms with Crippen LogP contribution in [0.1, 0.15) is 38.8 Å². The number of hydrogen-bond donors (Lipinski definition) is 3. The Kier molecular flexibility index (Phi) is 8.38. The summed E-state index contributed by atoms with van der Waals surface area (Å²) in [6.45, 7) is 11.9. The van der Waals surface area contributed by atoms with Gasteiger partial charge in [-0.15, -0.1) is 13.2 Å². The van der Waals surface area contributed by atoms with Gasteiger partial charge in [0.05, 0.1) is 17.1 Å². The van der Waals surface area contributed by atoms with Crippen molar-refractivity contribution in [1.82, 2.24) is 0 Å². The zero-order chi connectivity index (χ0) is 30.8. The number of para-hydroxylation sites is 2. The Labute approximate surface area is 241 Å². The largest absolute Gasteiger partial charge is 0.573 e. The zero-order valence-electron chi connectivity index (χ0n) is 23.6. The van der Waals surface area contributed by atoms with E-state index in [1.54, 1.807) is 36.4 Å². The van der Waals surface area contributed by atoms with Gasteiger partial charge in [0.25, 0.3) is 0 Å². The molecule has 3 aromatic rings. The Morgan fingerprint density at radius 2 is 1.76 bits per heavy atom. The van der Waals surface area contributed by atoms with E-state index in [1.807, 2.05) is 38.7 Å². The molecule has 0 aromatic heterocycles. The molecule has 2 amide bonds. The Bertz CT molecular complexity index is 1570. The minimum atomic E-state index is -4.82. The Balaban J connectivity index is 1.69. The number of allylic oxidation sites excluding steroid dienone is 5. The zero-order valence-corrected chi connectivity index (χ0v) is 23.6. The van der Waals surface area contributed by atoms with Crippen molar-refractivity contribution in [3.63, 3.8) is 0 Å². The van der Waals surface area contributed by atoms with E-state index < -0.39 is 29.4 Å². The van der Waals surface area contributed by atoms with Crippen molar-refractivity contribution in [3.05, 3.63) is 102 Å². The molecular formula is C32H31F4N3O3. The average Bonchev–Trinajstić information content (AvgIpc) is 3.15. The second kappa shape index (κ2) is 11.6. The van der Waals surface area contributed by atoms with E-state index in [0.717, 1.165) is 23.8 Å². The molecule has 0 atom stereocenters. The summed E-state index contributed by atoms with van der Waals surface area (Å²) in [7, 11) is 0. The molecule has 220 valence electrons. The molecule has 0 spiro atoms. The number of benzene rings is 3. The molecule has 42 heavy (non-hydrogen) atoms. The van der Waals surface area contributed by atoms with Gasteiger partial charge >= 0.3 is 12.4 Å². The van der Waals surface area contributed by atoms with Gasteiger partial charge in [-0.3, -0.25) is 0 Å². The van der Waals surface area contributed by atoms with Crippen LogP contribution in [0.5, 0.6) is 11.5 Å². The summed E-state index contributed by atoms with van der Waals surface area (Å²) in [5.41, 5.74) is 3.55. The van der Waals surface area contributed by atoms with E-state index in [4.69, 9.17) is 0 Å². The summed E-state index contributed by atoms with van der Waals surface area (Å²) >= 11 is 0. The number of phenols is 1.